The Morgan fingerprint density at radius 1 is 0.714 bits per heavy atom. The van der Waals surface area contributed by atoms with Gasteiger partial charge < -0.3 is 16.0 Å². The second kappa shape index (κ2) is 16.1. The summed E-state index contributed by atoms with van der Waals surface area (Å²) in [6.45, 7) is 0. The minimum atomic E-state index is -0.474. The first-order valence-electron chi connectivity index (χ1n) is 15.2. The highest BCUT2D eigenvalue weighted by Gasteiger charge is 2.16. The van der Waals surface area contributed by atoms with E-state index in [1.807, 2.05) is 90.3 Å². The monoisotopic (exact) mass is 700 g/mol. The van der Waals surface area contributed by atoms with Gasteiger partial charge in [-0.05, 0) is 71.3 Å². The molecule has 0 fully saturated rings. The number of nitrogens with zero attached hydrogens (tertiary/aromatic N) is 1. The van der Waals surface area contributed by atoms with Gasteiger partial charge in [-0.2, -0.15) is 0 Å². The van der Waals surface area contributed by atoms with Crippen LogP contribution in [0, 0.1) is 0 Å². The van der Waals surface area contributed by atoms with Crippen molar-refractivity contribution in [1.82, 2.24) is 10.3 Å². The number of hydrogen-bond donors (Lipinski definition) is 3. The molecule has 7 nitrogen and oxygen atoms in total. The van der Waals surface area contributed by atoms with Crippen molar-refractivity contribution in [2.45, 2.75) is 4.90 Å². The van der Waals surface area contributed by atoms with Crippen molar-refractivity contribution in [2.75, 3.05) is 16.4 Å². The molecule has 1 aromatic heterocycles. The van der Waals surface area contributed by atoms with E-state index in [4.69, 9.17) is 11.6 Å². The van der Waals surface area contributed by atoms with Crippen LogP contribution in [0.4, 0.5) is 10.8 Å². The van der Waals surface area contributed by atoms with E-state index in [0.29, 0.717) is 21.4 Å². The number of amides is 3. The maximum atomic E-state index is 13.5. The summed E-state index contributed by atoms with van der Waals surface area (Å²) in [6, 6.07) is 41.0. The number of halogens is 1. The predicted octanol–water partition coefficient (Wildman–Crippen LogP) is 9.27. The zero-order valence-electron chi connectivity index (χ0n) is 25.9. The van der Waals surface area contributed by atoms with Crippen molar-refractivity contribution in [2.24, 2.45) is 0 Å². The first-order valence-corrected chi connectivity index (χ1v) is 17.4. The van der Waals surface area contributed by atoms with Crippen LogP contribution in [0.3, 0.4) is 0 Å². The van der Waals surface area contributed by atoms with Crippen molar-refractivity contribution < 1.29 is 14.4 Å². The Morgan fingerprint density at radius 3 is 2.04 bits per heavy atom. The number of carbonyl (C=O) groups is 3. The molecule has 0 aliphatic rings. The number of benzene rings is 5. The molecular weight excluding hydrogens is 672 g/mol. The van der Waals surface area contributed by atoms with Crippen LogP contribution in [0.15, 0.2) is 149 Å². The smallest absolute Gasteiger partial charge is 0.272 e. The standard InChI is InChI=1S/C39H29ClN4O3S2/c40-31-17-15-29(16-18-31)35-24-49-39(43-35)44-36(45)25-48-33-21-19-32(20-22-33)41-38(47)34(42-37(46)30-9-5-2-6-10-30)23-26-11-13-28(14-12-26)27-7-3-1-4-8-27/h1-24H,25H2,(H,41,47)(H,42,46)(H,43,44,45)/b34-23-. The van der Waals surface area contributed by atoms with Crippen LogP contribution in [0.1, 0.15) is 15.9 Å². The molecule has 0 radical (unpaired) electrons. The molecule has 1 heterocycles. The van der Waals surface area contributed by atoms with Crippen LogP contribution in [0.2, 0.25) is 5.02 Å². The molecule has 0 atom stereocenters. The van der Waals surface area contributed by atoms with Crippen molar-refractivity contribution in [1.29, 1.82) is 0 Å². The molecule has 3 amide bonds. The molecule has 3 N–H and O–H groups in total. The SMILES string of the molecule is O=C(CSc1ccc(NC(=O)/C(=C/c2ccc(-c3ccccc3)cc2)NC(=O)c2ccccc2)cc1)Nc1nc(-c2ccc(Cl)cc2)cs1. The highest BCUT2D eigenvalue weighted by Crippen LogP contribution is 2.27. The second-order valence-electron chi connectivity index (χ2n) is 10.7. The van der Waals surface area contributed by atoms with Gasteiger partial charge in [0.05, 0.1) is 11.4 Å². The molecule has 242 valence electrons. The molecule has 0 bridgehead atoms. The van der Waals surface area contributed by atoms with Crippen molar-refractivity contribution >= 4 is 69.3 Å². The molecule has 6 aromatic rings. The lowest BCUT2D eigenvalue weighted by Crippen LogP contribution is -2.30. The zero-order valence-corrected chi connectivity index (χ0v) is 28.3. The molecule has 5 aromatic carbocycles. The molecule has 0 saturated carbocycles. The van der Waals surface area contributed by atoms with Gasteiger partial charge in [0, 0.05) is 32.1 Å². The van der Waals surface area contributed by atoms with Crippen LogP contribution < -0.4 is 16.0 Å². The van der Waals surface area contributed by atoms with Gasteiger partial charge in [0.2, 0.25) is 5.91 Å². The predicted molar refractivity (Wildman–Crippen MR) is 201 cm³/mol. The maximum absolute atomic E-state index is 13.5. The second-order valence-corrected chi connectivity index (χ2v) is 13.1. The quantitative estimate of drug-likeness (QED) is 0.0924. The number of rotatable bonds is 11. The van der Waals surface area contributed by atoms with Gasteiger partial charge in [-0.15, -0.1) is 23.1 Å². The third-order valence-electron chi connectivity index (χ3n) is 7.23. The third-order valence-corrected chi connectivity index (χ3v) is 9.25. The summed E-state index contributed by atoms with van der Waals surface area (Å²) in [4.78, 5) is 44.5. The minimum absolute atomic E-state index is 0.0952. The Balaban J connectivity index is 1.08. The van der Waals surface area contributed by atoms with Crippen LogP contribution in [-0.4, -0.2) is 28.5 Å². The lowest BCUT2D eigenvalue weighted by atomic mass is 10.0. The number of hydrogen-bond acceptors (Lipinski definition) is 6. The van der Waals surface area contributed by atoms with E-state index < -0.39 is 11.8 Å². The summed E-state index contributed by atoms with van der Waals surface area (Å²) in [5.74, 6) is -0.868. The largest absolute Gasteiger partial charge is 0.321 e. The minimum Gasteiger partial charge on any atom is -0.321 e. The molecule has 0 unspecified atom stereocenters. The summed E-state index contributed by atoms with van der Waals surface area (Å²) in [6.07, 6.45) is 1.65. The van der Waals surface area contributed by atoms with Gasteiger partial charge in [0.1, 0.15) is 5.70 Å². The fourth-order valence-corrected chi connectivity index (χ4v) is 6.29. The number of thioether (sulfide) groups is 1. The molecule has 49 heavy (non-hydrogen) atoms. The lowest BCUT2D eigenvalue weighted by molar-refractivity contribution is -0.114. The Labute approximate surface area is 297 Å². The zero-order chi connectivity index (χ0) is 34.0. The van der Waals surface area contributed by atoms with E-state index in [9.17, 15) is 14.4 Å². The van der Waals surface area contributed by atoms with Gasteiger partial charge in [0.25, 0.3) is 11.8 Å². The van der Waals surface area contributed by atoms with Crippen LogP contribution >= 0.6 is 34.7 Å². The first kappa shape index (κ1) is 33.4. The summed E-state index contributed by atoms with van der Waals surface area (Å²) in [7, 11) is 0. The Kier molecular flexibility index (Phi) is 11.0. The van der Waals surface area contributed by atoms with Crippen LogP contribution in [0.25, 0.3) is 28.5 Å². The fraction of sp³-hybridized carbons (Fsp3) is 0.0256. The van der Waals surface area contributed by atoms with Crippen molar-refractivity contribution in [3.63, 3.8) is 0 Å². The topological polar surface area (TPSA) is 100 Å². The van der Waals surface area contributed by atoms with E-state index in [0.717, 1.165) is 32.8 Å². The number of aromatic nitrogens is 1. The van der Waals surface area contributed by atoms with E-state index in [1.165, 1.54) is 23.1 Å². The van der Waals surface area contributed by atoms with E-state index in [2.05, 4.69) is 20.9 Å². The molecule has 6 rings (SSSR count). The fourth-order valence-electron chi connectivity index (χ4n) is 4.73. The summed E-state index contributed by atoms with van der Waals surface area (Å²) in [5.41, 5.74) is 5.62. The summed E-state index contributed by atoms with van der Waals surface area (Å²) in [5, 5.41) is 11.5. The Bertz CT molecular complexity index is 2080. The van der Waals surface area contributed by atoms with E-state index in [1.54, 1.807) is 54.6 Å². The Hall–Kier alpha value is -5.48. The molecule has 10 heteroatoms. The first-order chi connectivity index (χ1) is 23.9. The molecule has 0 spiro atoms. The van der Waals surface area contributed by atoms with Crippen molar-refractivity contribution in [3.8, 4) is 22.4 Å². The molecule has 0 saturated heterocycles. The van der Waals surface area contributed by atoms with E-state index >= 15 is 0 Å². The van der Waals surface area contributed by atoms with Gasteiger partial charge in [-0.25, -0.2) is 4.98 Å². The number of carbonyl (C=O) groups excluding carboxylic acids is 3. The van der Waals surface area contributed by atoms with Gasteiger partial charge in [-0.3, -0.25) is 14.4 Å². The molecule has 0 aliphatic heterocycles. The van der Waals surface area contributed by atoms with Gasteiger partial charge in [-0.1, -0.05) is 96.5 Å². The maximum Gasteiger partial charge on any atom is 0.272 e. The lowest BCUT2D eigenvalue weighted by Gasteiger charge is -2.12. The van der Waals surface area contributed by atoms with Crippen molar-refractivity contribution in [3.05, 3.63) is 161 Å². The van der Waals surface area contributed by atoms with Crippen LogP contribution in [-0.2, 0) is 9.59 Å². The summed E-state index contributed by atoms with van der Waals surface area (Å²) >= 11 is 8.69. The highest BCUT2D eigenvalue weighted by atomic mass is 35.5. The van der Waals surface area contributed by atoms with Crippen LogP contribution in [0.5, 0.6) is 0 Å². The highest BCUT2D eigenvalue weighted by molar-refractivity contribution is 8.00. The number of anilines is 2. The summed E-state index contributed by atoms with van der Waals surface area (Å²) < 4.78 is 0. The Morgan fingerprint density at radius 2 is 1.35 bits per heavy atom. The average Bonchev–Trinajstić information content (AvgIpc) is 3.60. The third kappa shape index (κ3) is 9.33. The van der Waals surface area contributed by atoms with Gasteiger partial charge >= 0.3 is 0 Å². The molecule has 0 aliphatic carbocycles. The van der Waals surface area contributed by atoms with Gasteiger partial charge in [0.15, 0.2) is 5.13 Å². The average molecular weight is 701 g/mol. The number of thiazole rings is 1. The normalized spacial score (nSPS) is 11.1. The number of nitrogens with one attached hydrogen (secondary N) is 3. The molecular formula is C39H29ClN4O3S2. The van der Waals surface area contributed by atoms with E-state index in [-0.39, 0.29) is 17.4 Å².